The monoisotopic (exact) mass is 499 g/mol. The molecule has 2 amide bonds. The number of carbonyl (C=O) groups excluding carboxylic acids is 2. The van der Waals surface area contributed by atoms with Crippen molar-refractivity contribution < 1.29 is 37.4 Å². The fraction of sp³-hybridized carbons (Fsp3) is 0.625. The van der Waals surface area contributed by atoms with Crippen molar-refractivity contribution in [1.82, 2.24) is 15.1 Å². The van der Waals surface area contributed by atoms with Gasteiger partial charge in [0.2, 0.25) is 5.91 Å². The second-order valence-electron chi connectivity index (χ2n) is 9.59. The van der Waals surface area contributed by atoms with Crippen LogP contribution in [0, 0.1) is 12.8 Å². The molecule has 1 aromatic carbocycles. The maximum Gasteiger partial charge on any atom is 0.490 e. The van der Waals surface area contributed by atoms with Gasteiger partial charge in [-0.1, -0.05) is 29.8 Å². The summed E-state index contributed by atoms with van der Waals surface area (Å²) in [4.78, 5) is 38.2. The zero-order valence-electron chi connectivity index (χ0n) is 19.9. The minimum Gasteiger partial charge on any atom is -0.475 e. The minimum atomic E-state index is -5.08. The summed E-state index contributed by atoms with van der Waals surface area (Å²) < 4.78 is 38.1. The van der Waals surface area contributed by atoms with E-state index < -0.39 is 18.2 Å². The van der Waals surface area contributed by atoms with Crippen LogP contribution < -0.4 is 5.32 Å². The normalized spacial score (nSPS) is 22.2. The molecule has 1 aromatic rings. The number of carbonyl (C=O) groups is 3. The molecule has 2 saturated heterocycles. The summed E-state index contributed by atoms with van der Waals surface area (Å²) in [6.07, 6.45) is -1.85. The van der Waals surface area contributed by atoms with Crippen LogP contribution in [0.1, 0.15) is 36.8 Å². The highest BCUT2D eigenvalue weighted by Crippen LogP contribution is 2.36. The number of ether oxygens (including phenoxy) is 1. The molecule has 2 heterocycles. The molecule has 1 spiro atoms. The molecule has 2 N–H and O–H groups in total. The Morgan fingerprint density at radius 3 is 2.23 bits per heavy atom. The molecule has 0 aromatic heterocycles. The maximum atomic E-state index is 12.8. The topological polar surface area (TPSA) is 99.2 Å². The van der Waals surface area contributed by atoms with Crippen LogP contribution in [-0.4, -0.2) is 83.8 Å². The number of amides is 2. The van der Waals surface area contributed by atoms with E-state index in [0.717, 1.165) is 50.9 Å². The molecular weight excluding hydrogens is 467 g/mol. The number of nitrogens with zero attached hydrogens (tertiary/aromatic N) is 2. The highest BCUT2D eigenvalue weighted by atomic mass is 19.4. The molecule has 1 unspecified atom stereocenters. The van der Waals surface area contributed by atoms with Gasteiger partial charge in [0.05, 0.1) is 5.60 Å². The number of carboxylic acid groups (broad SMARTS) is 1. The van der Waals surface area contributed by atoms with E-state index in [9.17, 15) is 22.8 Å². The average Bonchev–Trinajstić information content (AvgIpc) is 3.63. The summed E-state index contributed by atoms with van der Waals surface area (Å²) in [5, 5.41) is 10.2. The number of likely N-dealkylation sites (N-methyl/N-ethyl adjacent to an activating group) is 1. The summed E-state index contributed by atoms with van der Waals surface area (Å²) in [5.74, 6) is -2.23. The van der Waals surface area contributed by atoms with Crippen LogP contribution in [0.2, 0.25) is 0 Å². The molecular formula is C24H32F3N3O5. The number of benzene rings is 1. The number of alkyl halides is 3. The number of halogens is 3. The molecule has 4 rings (SSSR count). The number of carboxylic acids is 1. The third-order valence-electron chi connectivity index (χ3n) is 6.46. The highest BCUT2D eigenvalue weighted by Gasteiger charge is 2.46. The zero-order chi connectivity index (χ0) is 25.8. The molecule has 1 aliphatic carbocycles. The number of piperidine rings is 1. The first kappa shape index (κ1) is 26.9. The van der Waals surface area contributed by atoms with Crippen molar-refractivity contribution in [2.45, 2.75) is 57.0 Å². The Morgan fingerprint density at radius 2 is 1.71 bits per heavy atom. The van der Waals surface area contributed by atoms with Crippen LogP contribution in [0.3, 0.4) is 0 Å². The summed E-state index contributed by atoms with van der Waals surface area (Å²) >= 11 is 0. The molecule has 194 valence electrons. The van der Waals surface area contributed by atoms with E-state index in [2.05, 4.69) is 29.3 Å². The van der Waals surface area contributed by atoms with Crippen molar-refractivity contribution in [2.24, 2.45) is 5.92 Å². The van der Waals surface area contributed by atoms with Gasteiger partial charge in [-0.3, -0.25) is 9.59 Å². The number of hydrogen-bond donors (Lipinski definition) is 2. The Bertz CT molecular complexity index is 910. The van der Waals surface area contributed by atoms with Crippen molar-refractivity contribution in [3.63, 3.8) is 0 Å². The van der Waals surface area contributed by atoms with Gasteiger partial charge in [-0.25, -0.2) is 4.79 Å². The first-order valence-corrected chi connectivity index (χ1v) is 11.7. The highest BCUT2D eigenvalue weighted by molar-refractivity contribution is 5.82. The van der Waals surface area contributed by atoms with Crippen molar-refractivity contribution in [3.8, 4) is 0 Å². The molecule has 11 heteroatoms. The van der Waals surface area contributed by atoms with E-state index in [1.807, 2.05) is 24.1 Å². The van der Waals surface area contributed by atoms with E-state index in [1.165, 1.54) is 5.56 Å². The molecule has 3 fully saturated rings. The van der Waals surface area contributed by atoms with Crippen LogP contribution in [0.5, 0.6) is 0 Å². The van der Waals surface area contributed by atoms with Crippen LogP contribution in [0.25, 0.3) is 0 Å². The molecule has 35 heavy (non-hydrogen) atoms. The number of aryl methyl sites for hydroxylation is 1. The fourth-order valence-electron chi connectivity index (χ4n) is 4.36. The van der Waals surface area contributed by atoms with Crippen molar-refractivity contribution >= 4 is 17.8 Å². The summed E-state index contributed by atoms with van der Waals surface area (Å²) in [6.45, 7) is 5.46. The number of nitrogens with one attached hydrogen (secondary N) is 1. The summed E-state index contributed by atoms with van der Waals surface area (Å²) in [7, 11) is 2.05. The van der Waals surface area contributed by atoms with E-state index in [-0.39, 0.29) is 17.4 Å². The first-order valence-electron chi connectivity index (χ1n) is 11.7. The molecule has 8 nitrogen and oxygen atoms in total. The molecule has 1 saturated carbocycles. The maximum absolute atomic E-state index is 12.8. The fourth-order valence-corrected chi connectivity index (χ4v) is 4.36. The lowest BCUT2D eigenvalue weighted by molar-refractivity contribution is -0.192. The quantitative estimate of drug-likeness (QED) is 0.660. The lowest BCUT2D eigenvalue weighted by atomic mass is 9.88. The molecule has 2 aliphatic heterocycles. The lowest BCUT2D eigenvalue weighted by Gasteiger charge is -2.48. The van der Waals surface area contributed by atoms with Crippen molar-refractivity contribution in [2.75, 3.05) is 33.2 Å². The van der Waals surface area contributed by atoms with Gasteiger partial charge in [0.25, 0.3) is 5.91 Å². The van der Waals surface area contributed by atoms with E-state index >= 15 is 0 Å². The van der Waals surface area contributed by atoms with Crippen LogP contribution in [-0.2, 0) is 25.7 Å². The van der Waals surface area contributed by atoms with Gasteiger partial charge >= 0.3 is 12.1 Å². The standard InChI is InChI=1S/C22H31N3O3.C2HF3O2/c1-16-3-5-17(6-4-16)13-23-20(26)19-14-24(2)15-22(28-19)9-11-25(12-10-22)21(27)18-7-8-18;3-2(4,5)1(6)7/h3-6,18-19H,7-15H2,1-2H3,(H,23,26);(H,6,7). The third kappa shape index (κ3) is 7.66. The predicted octanol–water partition coefficient (Wildman–Crippen LogP) is 2.35. The van der Waals surface area contributed by atoms with Crippen molar-refractivity contribution in [1.29, 1.82) is 0 Å². The second kappa shape index (κ2) is 10.9. The van der Waals surface area contributed by atoms with Crippen molar-refractivity contribution in [3.05, 3.63) is 35.4 Å². The average molecular weight is 500 g/mol. The zero-order valence-corrected chi connectivity index (χ0v) is 19.9. The van der Waals surface area contributed by atoms with Crippen LogP contribution >= 0.6 is 0 Å². The smallest absolute Gasteiger partial charge is 0.475 e. The molecule has 0 radical (unpaired) electrons. The molecule has 3 aliphatic rings. The number of likely N-dealkylation sites (tertiary alicyclic amines) is 1. The summed E-state index contributed by atoms with van der Waals surface area (Å²) in [5.41, 5.74) is 1.98. The third-order valence-corrected chi connectivity index (χ3v) is 6.46. The van der Waals surface area contributed by atoms with Gasteiger partial charge in [-0.2, -0.15) is 13.2 Å². The summed E-state index contributed by atoms with van der Waals surface area (Å²) in [6, 6.07) is 8.19. The molecule has 0 bridgehead atoms. The number of hydrogen-bond acceptors (Lipinski definition) is 5. The minimum absolute atomic E-state index is 0.0528. The van der Waals surface area contributed by atoms with Gasteiger partial charge in [-0.15, -0.1) is 0 Å². The van der Waals surface area contributed by atoms with Crippen LogP contribution in [0.4, 0.5) is 13.2 Å². The Morgan fingerprint density at radius 1 is 1.14 bits per heavy atom. The number of morpholine rings is 1. The number of aliphatic carboxylic acids is 1. The number of rotatable bonds is 4. The molecule has 1 atom stereocenters. The second-order valence-corrected chi connectivity index (χ2v) is 9.59. The Hall–Kier alpha value is -2.66. The van der Waals surface area contributed by atoms with Crippen LogP contribution in [0.15, 0.2) is 24.3 Å². The lowest BCUT2D eigenvalue weighted by Crippen LogP contribution is -2.61. The van der Waals surface area contributed by atoms with Gasteiger partial charge in [0.15, 0.2) is 0 Å². The SMILES string of the molecule is Cc1ccc(CNC(=O)C2CN(C)CC3(CCN(C(=O)C4CC4)CC3)O2)cc1.O=C(O)C(F)(F)F. The van der Waals surface area contributed by atoms with Gasteiger partial charge < -0.3 is 25.0 Å². The Kier molecular flexibility index (Phi) is 8.42. The van der Waals surface area contributed by atoms with Gasteiger partial charge in [0, 0.05) is 38.6 Å². The first-order chi connectivity index (χ1) is 16.4. The van der Waals surface area contributed by atoms with Gasteiger partial charge in [-0.05, 0) is 45.2 Å². The van der Waals surface area contributed by atoms with E-state index in [4.69, 9.17) is 14.6 Å². The Labute approximate surface area is 202 Å². The van der Waals surface area contributed by atoms with Gasteiger partial charge in [0.1, 0.15) is 6.10 Å². The Balaban J connectivity index is 0.000000429. The van der Waals surface area contributed by atoms with E-state index in [0.29, 0.717) is 19.0 Å². The largest absolute Gasteiger partial charge is 0.490 e. The van der Waals surface area contributed by atoms with E-state index in [1.54, 1.807) is 0 Å². The predicted molar refractivity (Wildman–Crippen MR) is 120 cm³/mol.